The molecule has 1 heterocycles. The second kappa shape index (κ2) is 10.0. The molecule has 0 bridgehead atoms. The molecule has 0 spiro atoms. The second-order valence-corrected chi connectivity index (χ2v) is 8.33. The maximum absolute atomic E-state index is 13.5. The highest BCUT2D eigenvalue weighted by atomic mass is 16.6. The minimum absolute atomic E-state index is 0.0492. The summed E-state index contributed by atoms with van der Waals surface area (Å²) in [7, 11) is 3.17. The largest absolute Gasteiger partial charge is 0.497 e. The van der Waals surface area contributed by atoms with Crippen LogP contribution in [0, 0.1) is 0 Å². The molecule has 2 aromatic carbocycles. The Morgan fingerprint density at radius 3 is 2.36 bits per heavy atom. The summed E-state index contributed by atoms with van der Waals surface area (Å²) < 4.78 is 15.8. The Balaban J connectivity index is 1.74. The molecule has 2 atom stereocenters. The number of hydrogen-bond donors (Lipinski definition) is 1. The summed E-state index contributed by atoms with van der Waals surface area (Å²) in [5.74, 6) is -0.0719. The highest BCUT2D eigenvalue weighted by molar-refractivity contribution is 6.04. The van der Waals surface area contributed by atoms with Crippen molar-refractivity contribution >= 4 is 11.8 Å². The van der Waals surface area contributed by atoms with Crippen LogP contribution in [-0.2, 0) is 19.1 Å². The molecule has 0 saturated carbocycles. The van der Waals surface area contributed by atoms with Gasteiger partial charge in [-0.15, -0.1) is 0 Å². The number of ether oxygens (including phenoxy) is 3. The molecule has 6 heteroatoms. The van der Waals surface area contributed by atoms with Gasteiger partial charge in [0.15, 0.2) is 5.78 Å². The van der Waals surface area contributed by atoms with Crippen molar-refractivity contribution in [2.75, 3.05) is 27.4 Å². The first-order chi connectivity index (χ1) is 16.0. The van der Waals surface area contributed by atoms with Crippen LogP contribution in [0.4, 0.5) is 0 Å². The lowest BCUT2D eigenvalue weighted by Gasteiger charge is -2.36. The number of dihydropyridines is 1. The average molecular weight is 448 g/mol. The fraction of sp³-hybridized carbons (Fsp3) is 0.333. The zero-order valence-corrected chi connectivity index (χ0v) is 19.2. The van der Waals surface area contributed by atoms with Crippen molar-refractivity contribution in [3.63, 3.8) is 0 Å². The lowest BCUT2D eigenvalue weighted by molar-refractivity contribution is -0.140. The van der Waals surface area contributed by atoms with Crippen LogP contribution in [0.3, 0.4) is 0 Å². The van der Waals surface area contributed by atoms with E-state index >= 15 is 0 Å². The molecule has 1 N–H and O–H groups in total. The van der Waals surface area contributed by atoms with E-state index in [1.807, 2.05) is 49.4 Å². The van der Waals surface area contributed by atoms with Gasteiger partial charge in [0.2, 0.25) is 0 Å². The van der Waals surface area contributed by atoms with E-state index in [-0.39, 0.29) is 18.3 Å². The number of allylic oxidation sites excluding steroid dienone is 3. The zero-order chi connectivity index (χ0) is 23.4. The molecule has 0 saturated heterocycles. The van der Waals surface area contributed by atoms with Gasteiger partial charge in [0, 0.05) is 36.4 Å². The number of nitrogens with one attached hydrogen (secondary N) is 1. The highest BCUT2D eigenvalue weighted by Crippen LogP contribution is 2.45. The molecule has 6 nitrogen and oxygen atoms in total. The number of methoxy groups -OCH3 is 2. The second-order valence-electron chi connectivity index (χ2n) is 8.33. The standard InChI is InChI=1S/C27H29NO5/c1-17-24(27(30)33-14-13-31-2)25(19-9-11-21(32-3)12-10-19)26-22(28-17)15-20(16-23(26)29)18-7-5-4-6-8-18/h4-12,20,25,28H,13-16H2,1-3H3/t20-,25+/m0/s1. The SMILES string of the molecule is COCCOC(=O)C1=C(C)NC2=C(C(=O)C[C@@H](c3ccccc3)C2)[C@@H]1c1ccc(OC)cc1. The van der Waals surface area contributed by atoms with Crippen LogP contribution in [0.1, 0.15) is 42.7 Å². The highest BCUT2D eigenvalue weighted by Gasteiger charge is 2.41. The van der Waals surface area contributed by atoms with Crippen LogP contribution in [0.2, 0.25) is 0 Å². The third kappa shape index (κ3) is 4.71. The monoisotopic (exact) mass is 447 g/mol. The van der Waals surface area contributed by atoms with Gasteiger partial charge in [-0.3, -0.25) is 4.79 Å². The molecule has 0 amide bonds. The topological polar surface area (TPSA) is 73.9 Å². The zero-order valence-electron chi connectivity index (χ0n) is 19.2. The van der Waals surface area contributed by atoms with Crippen molar-refractivity contribution in [1.82, 2.24) is 5.32 Å². The van der Waals surface area contributed by atoms with E-state index < -0.39 is 11.9 Å². The number of ketones is 1. The van der Waals surface area contributed by atoms with Crippen molar-refractivity contribution in [1.29, 1.82) is 0 Å². The molecule has 0 aromatic heterocycles. The summed E-state index contributed by atoms with van der Waals surface area (Å²) in [6.45, 7) is 2.32. The van der Waals surface area contributed by atoms with Gasteiger partial charge in [0.1, 0.15) is 12.4 Å². The van der Waals surface area contributed by atoms with E-state index in [2.05, 4.69) is 17.4 Å². The fourth-order valence-electron chi connectivity index (χ4n) is 4.70. The summed E-state index contributed by atoms with van der Waals surface area (Å²) in [5.41, 5.74) is 4.70. The van der Waals surface area contributed by atoms with E-state index in [9.17, 15) is 9.59 Å². The smallest absolute Gasteiger partial charge is 0.336 e. The van der Waals surface area contributed by atoms with Crippen LogP contribution in [0.5, 0.6) is 5.75 Å². The molecular formula is C27H29NO5. The summed E-state index contributed by atoms with van der Waals surface area (Å²) in [5, 5.41) is 3.37. The van der Waals surface area contributed by atoms with Crippen LogP contribution < -0.4 is 10.1 Å². The normalized spacial score (nSPS) is 20.3. The Bertz CT molecular complexity index is 1090. The quantitative estimate of drug-likeness (QED) is 0.505. The lowest BCUT2D eigenvalue weighted by Crippen LogP contribution is -2.36. The van der Waals surface area contributed by atoms with Crippen molar-refractivity contribution in [3.8, 4) is 5.75 Å². The summed E-state index contributed by atoms with van der Waals surface area (Å²) in [6, 6.07) is 17.6. The molecular weight excluding hydrogens is 418 g/mol. The van der Waals surface area contributed by atoms with Crippen molar-refractivity contribution in [3.05, 3.63) is 88.3 Å². The lowest BCUT2D eigenvalue weighted by atomic mass is 9.72. The van der Waals surface area contributed by atoms with Crippen LogP contribution in [0.25, 0.3) is 0 Å². The Morgan fingerprint density at radius 2 is 1.70 bits per heavy atom. The molecule has 1 aliphatic carbocycles. The van der Waals surface area contributed by atoms with Crippen molar-refractivity contribution < 1.29 is 23.8 Å². The first-order valence-corrected chi connectivity index (χ1v) is 11.1. The van der Waals surface area contributed by atoms with E-state index in [1.165, 1.54) is 0 Å². The average Bonchev–Trinajstić information content (AvgIpc) is 2.83. The first-order valence-electron chi connectivity index (χ1n) is 11.1. The molecule has 33 heavy (non-hydrogen) atoms. The molecule has 4 rings (SSSR count). The van der Waals surface area contributed by atoms with Gasteiger partial charge >= 0.3 is 5.97 Å². The van der Waals surface area contributed by atoms with E-state index in [1.54, 1.807) is 14.2 Å². The molecule has 0 fully saturated rings. The predicted octanol–water partition coefficient (Wildman–Crippen LogP) is 4.25. The molecule has 1 aliphatic heterocycles. The van der Waals surface area contributed by atoms with E-state index in [0.717, 1.165) is 16.8 Å². The number of benzene rings is 2. The number of carbonyl (C=O) groups excluding carboxylic acids is 2. The maximum atomic E-state index is 13.5. The van der Waals surface area contributed by atoms with Gasteiger partial charge in [-0.25, -0.2) is 4.79 Å². The van der Waals surface area contributed by atoms with Gasteiger partial charge in [0.25, 0.3) is 0 Å². The van der Waals surface area contributed by atoms with Gasteiger partial charge in [0.05, 0.1) is 19.3 Å². The van der Waals surface area contributed by atoms with E-state index in [0.29, 0.717) is 42.0 Å². The van der Waals surface area contributed by atoms with Crippen LogP contribution in [0.15, 0.2) is 77.1 Å². The van der Waals surface area contributed by atoms with Gasteiger partial charge < -0.3 is 19.5 Å². The maximum Gasteiger partial charge on any atom is 0.336 e. The molecule has 172 valence electrons. The first kappa shape index (κ1) is 22.8. The van der Waals surface area contributed by atoms with Gasteiger partial charge in [-0.1, -0.05) is 42.5 Å². The van der Waals surface area contributed by atoms with Gasteiger partial charge in [-0.2, -0.15) is 0 Å². The number of rotatable bonds is 7. The minimum Gasteiger partial charge on any atom is -0.497 e. The Kier molecular flexibility index (Phi) is 6.94. The van der Waals surface area contributed by atoms with Crippen molar-refractivity contribution in [2.24, 2.45) is 0 Å². The Morgan fingerprint density at radius 1 is 0.970 bits per heavy atom. The molecule has 2 aliphatic rings. The molecule has 0 radical (unpaired) electrons. The third-order valence-corrected chi connectivity index (χ3v) is 6.29. The fourth-order valence-corrected chi connectivity index (χ4v) is 4.70. The van der Waals surface area contributed by atoms with Gasteiger partial charge in [-0.05, 0) is 42.5 Å². The molecule has 0 unspecified atom stereocenters. The third-order valence-electron chi connectivity index (χ3n) is 6.29. The van der Waals surface area contributed by atoms with E-state index in [4.69, 9.17) is 14.2 Å². The summed E-state index contributed by atoms with van der Waals surface area (Å²) in [4.78, 5) is 26.7. The Hall–Kier alpha value is -3.38. The number of hydrogen-bond acceptors (Lipinski definition) is 6. The minimum atomic E-state index is -0.494. The summed E-state index contributed by atoms with van der Waals surface area (Å²) in [6.07, 6.45) is 1.11. The Labute approximate surface area is 194 Å². The van der Waals surface area contributed by atoms with Crippen LogP contribution in [-0.4, -0.2) is 39.2 Å². The number of Topliss-reactive ketones (excluding diaryl/α,β-unsaturated/α-hetero) is 1. The predicted molar refractivity (Wildman–Crippen MR) is 125 cm³/mol. The summed E-state index contributed by atoms with van der Waals surface area (Å²) >= 11 is 0. The molecule has 2 aromatic rings. The van der Waals surface area contributed by atoms with Crippen molar-refractivity contribution in [2.45, 2.75) is 31.6 Å². The number of esters is 1. The van der Waals surface area contributed by atoms with Crippen LogP contribution >= 0.6 is 0 Å². The number of carbonyl (C=O) groups is 2.